The van der Waals surface area contributed by atoms with Gasteiger partial charge in [-0.15, -0.1) is 11.3 Å². The average molecular weight is 375 g/mol. The molecule has 0 aliphatic rings. The topological polar surface area (TPSA) is 46.2 Å². The summed E-state index contributed by atoms with van der Waals surface area (Å²) < 4.78 is 28.1. The van der Waals surface area contributed by atoms with Gasteiger partial charge in [-0.2, -0.15) is 0 Å². The first kappa shape index (κ1) is 16.4. The van der Waals surface area contributed by atoms with Gasteiger partial charge in [0.05, 0.1) is 4.34 Å². The minimum Gasteiger partial charge on any atom is -0.206 e. The summed E-state index contributed by atoms with van der Waals surface area (Å²) in [6.07, 6.45) is 1.47. The third kappa shape index (κ3) is 3.93. The van der Waals surface area contributed by atoms with Crippen molar-refractivity contribution < 1.29 is 8.42 Å². The van der Waals surface area contributed by atoms with Gasteiger partial charge in [0.1, 0.15) is 4.21 Å². The van der Waals surface area contributed by atoms with Crippen LogP contribution in [0.5, 0.6) is 0 Å². The van der Waals surface area contributed by atoms with Crippen LogP contribution >= 0.6 is 38.9 Å². The molecule has 18 heavy (non-hydrogen) atoms. The summed E-state index contributed by atoms with van der Waals surface area (Å²) in [5, 5.41) is 0.754. The molecule has 1 heterocycles. The first-order valence-electron chi connectivity index (χ1n) is 5.60. The Morgan fingerprint density at radius 2 is 2.17 bits per heavy atom. The molecule has 0 aliphatic carbocycles. The van der Waals surface area contributed by atoms with Gasteiger partial charge in [-0.05, 0) is 38.3 Å². The number of sulfonamides is 1. The number of hydrogen-bond acceptors (Lipinski definition) is 3. The van der Waals surface area contributed by atoms with Crippen molar-refractivity contribution in [2.75, 3.05) is 5.33 Å². The van der Waals surface area contributed by atoms with E-state index in [-0.39, 0.29) is 4.21 Å². The second-order valence-electron chi connectivity index (χ2n) is 4.48. The summed E-state index contributed by atoms with van der Waals surface area (Å²) in [6, 6.07) is 1.61. The number of thiophene rings is 1. The largest absolute Gasteiger partial charge is 0.250 e. The molecular formula is C11H17BrClNO2S2. The van der Waals surface area contributed by atoms with Crippen LogP contribution in [0.4, 0.5) is 0 Å². The van der Waals surface area contributed by atoms with E-state index in [9.17, 15) is 8.42 Å². The Balaban J connectivity index is 3.01. The molecule has 1 aromatic rings. The van der Waals surface area contributed by atoms with E-state index in [1.807, 2.05) is 13.8 Å². The normalized spacial score (nSPS) is 15.6. The van der Waals surface area contributed by atoms with Gasteiger partial charge < -0.3 is 0 Å². The highest BCUT2D eigenvalue weighted by Crippen LogP contribution is 2.31. The zero-order valence-corrected chi connectivity index (χ0v) is 14.6. The summed E-state index contributed by atoms with van der Waals surface area (Å²) in [4.78, 5) is 0. The van der Waals surface area contributed by atoms with E-state index in [4.69, 9.17) is 11.6 Å². The van der Waals surface area contributed by atoms with Crippen molar-refractivity contribution in [2.24, 2.45) is 0 Å². The maximum Gasteiger partial charge on any atom is 0.250 e. The molecule has 1 rings (SSSR count). The molecule has 0 amide bonds. The van der Waals surface area contributed by atoms with E-state index >= 15 is 0 Å². The Kier molecular flexibility index (Phi) is 5.68. The van der Waals surface area contributed by atoms with Crippen LogP contribution in [0.2, 0.25) is 4.34 Å². The van der Waals surface area contributed by atoms with Gasteiger partial charge in [-0.3, -0.25) is 0 Å². The molecule has 0 saturated heterocycles. The lowest BCUT2D eigenvalue weighted by Gasteiger charge is -2.28. The number of aryl methyl sites for hydroxylation is 1. The van der Waals surface area contributed by atoms with Crippen molar-refractivity contribution in [1.29, 1.82) is 0 Å². The lowest BCUT2D eigenvalue weighted by atomic mass is 9.98. The number of rotatable bonds is 6. The Morgan fingerprint density at radius 3 is 2.56 bits per heavy atom. The van der Waals surface area contributed by atoms with E-state index in [1.54, 1.807) is 13.0 Å². The molecule has 0 saturated carbocycles. The quantitative estimate of drug-likeness (QED) is 0.767. The van der Waals surface area contributed by atoms with Gasteiger partial charge >= 0.3 is 0 Å². The predicted molar refractivity (Wildman–Crippen MR) is 81.5 cm³/mol. The fourth-order valence-corrected chi connectivity index (χ4v) is 5.54. The third-order valence-corrected chi connectivity index (χ3v) is 6.97. The molecule has 0 spiro atoms. The van der Waals surface area contributed by atoms with Crippen LogP contribution in [0, 0.1) is 6.92 Å². The van der Waals surface area contributed by atoms with E-state index in [0.29, 0.717) is 4.34 Å². The van der Waals surface area contributed by atoms with E-state index in [1.165, 1.54) is 0 Å². The highest BCUT2D eigenvalue weighted by Gasteiger charge is 2.29. The number of alkyl halides is 1. The second kappa shape index (κ2) is 6.22. The fraction of sp³-hybridized carbons (Fsp3) is 0.636. The lowest BCUT2D eigenvalue weighted by molar-refractivity contribution is 0.393. The summed E-state index contributed by atoms with van der Waals surface area (Å²) in [5.41, 5.74) is 0.355. The predicted octanol–water partition coefficient (Wildman–Crippen LogP) is 3.94. The van der Waals surface area contributed by atoms with Crippen molar-refractivity contribution in [2.45, 2.75) is 43.4 Å². The smallest absolute Gasteiger partial charge is 0.206 e. The van der Waals surface area contributed by atoms with Gasteiger partial charge in [0.2, 0.25) is 0 Å². The van der Waals surface area contributed by atoms with E-state index in [0.717, 1.165) is 35.1 Å². The molecule has 0 aromatic carbocycles. The fourth-order valence-electron chi connectivity index (χ4n) is 1.45. The molecule has 0 bridgehead atoms. The Morgan fingerprint density at radius 1 is 1.56 bits per heavy atom. The SMILES string of the molecule is CCC(C)(CCBr)NS(=O)(=O)c1cc(C)c(Cl)s1. The van der Waals surface area contributed by atoms with E-state index < -0.39 is 15.6 Å². The number of halogens is 2. The van der Waals surface area contributed by atoms with Crippen molar-refractivity contribution >= 4 is 48.9 Å². The van der Waals surface area contributed by atoms with Crippen molar-refractivity contribution in [3.63, 3.8) is 0 Å². The average Bonchev–Trinajstić information content (AvgIpc) is 2.60. The minimum atomic E-state index is -3.49. The van der Waals surface area contributed by atoms with Crippen LogP contribution in [0.3, 0.4) is 0 Å². The molecule has 7 heteroatoms. The summed E-state index contributed by atoms with van der Waals surface area (Å²) in [6.45, 7) is 5.68. The van der Waals surface area contributed by atoms with Gasteiger partial charge in [0, 0.05) is 10.9 Å². The summed E-state index contributed by atoms with van der Waals surface area (Å²) in [7, 11) is -3.49. The van der Waals surface area contributed by atoms with E-state index in [2.05, 4.69) is 20.7 Å². The second-order valence-corrected chi connectivity index (χ2v) is 8.84. The number of nitrogens with one attached hydrogen (secondary N) is 1. The third-order valence-electron chi connectivity index (χ3n) is 2.91. The maximum atomic E-state index is 12.3. The molecule has 1 N–H and O–H groups in total. The molecule has 0 radical (unpaired) electrons. The molecule has 0 aliphatic heterocycles. The van der Waals surface area contributed by atoms with Crippen LogP contribution in [0.1, 0.15) is 32.3 Å². The zero-order valence-electron chi connectivity index (χ0n) is 10.6. The van der Waals surface area contributed by atoms with Crippen molar-refractivity contribution in [3.05, 3.63) is 16.0 Å². The molecular weight excluding hydrogens is 358 g/mol. The van der Waals surface area contributed by atoms with Crippen LogP contribution < -0.4 is 4.72 Å². The summed E-state index contributed by atoms with van der Waals surface area (Å²) >= 11 is 10.4. The van der Waals surface area contributed by atoms with Crippen molar-refractivity contribution in [3.8, 4) is 0 Å². The van der Waals surface area contributed by atoms with Gasteiger partial charge in [0.15, 0.2) is 0 Å². The van der Waals surface area contributed by atoms with Crippen LogP contribution in [-0.2, 0) is 10.0 Å². The summed E-state index contributed by atoms with van der Waals surface area (Å²) in [5.74, 6) is 0. The van der Waals surface area contributed by atoms with Gasteiger partial charge in [-0.25, -0.2) is 13.1 Å². The van der Waals surface area contributed by atoms with Gasteiger partial charge in [0.25, 0.3) is 10.0 Å². The Bertz CT molecular complexity index is 496. The molecule has 1 atom stereocenters. The highest BCUT2D eigenvalue weighted by atomic mass is 79.9. The number of hydrogen-bond donors (Lipinski definition) is 1. The first-order valence-corrected chi connectivity index (χ1v) is 9.40. The first-order chi connectivity index (χ1) is 8.24. The minimum absolute atomic E-state index is 0.277. The monoisotopic (exact) mass is 373 g/mol. The van der Waals surface area contributed by atoms with Crippen LogP contribution in [-0.4, -0.2) is 19.3 Å². The molecule has 0 fully saturated rings. The molecule has 104 valence electrons. The Hall–Kier alpha value is 0.380. The molecule has 3 nitrogen and oxygen atoms in total. The van der Waals surface area contributed by atoms with Crippen LogP contribution in [0.25, 0.3) is 0 Å². The highest BCUT2D eigenvalue weighted by molar-refractivity contribution is 9.09. The van der Waals surface area contributed by atoms with Crippen molar-refractivity contribution in [1.82, 2.24) is 4.72 Å². The molecule has 1 unspecified atom stereocenters. The maximum absolute atomic E-state index is 12.3. The van der Waals surface area contributed by atoms with Crippen LogP contribution in [0.15, 0.2) is 10.3 Å². The zero-order chi connectivity index (χ0) is 14.0. The Labute approximate surface area is 126 Å². The molecule has 1 aromatic heterocycles. The standard InChI is InChI=1S/C11H17BrClNO2S2/c1-4-11(3,5-6-12)14-18(15,16)9-7-8(2)10(13)17-9/h7,14H,4-6H2,1-3H3. The van der Waals surface area contributed by atoms with Gasteiger partial charge in [-0.1, -0.05) is 34.5 Å². The lowest BCUT2D eigenvalue weighted by Crippen LogP contribution is -2.45.